The second kappa shape index (κ2) is 9.46. The smallest absolute Gasteiger partial charge is 0.184 e. The molecule has 0 radical (unpaired) electrons. The molecule has 0 amide bonds. The molecular weight excluding hydrogens is 454 g/mol. The fourth-order valence-corrected chi connectivity index (χ4v) is 10.2. The molecule has 0 aromatic heterocycles. The zero-order valence-electron chi connectivity index (χ0n) is 23.5. The Kier molecular flexibility index (Phi) is 7.41. The Balaban J connectivity index is 1.53. The number of allylic oxidation sites excluding steroid dienone is 1. The van der Waals surface area contributed by atoms with E-state index >= 15 is 0 Å². The lowest BCUT2D eigenvalue weighted by Gasteiger charge is -2.58. The first-order valence-electron chi connectivity index (χ1n) is 13.9. The van der Waals surface area contributed by atoms with Gasteiger partial charge in [0, 0.05) is 12.0 Å². The third-order valence-corrected chi connectivity index (χ3v) is 11.9. The average molecular weight is 506 g/mol. The molecule has 0 aromatic carbocycles. The van der Waals surface area contributed by atoms with Gasteiger partial charge in [-0.05, 0) is 119 Å². The minimum Gasteiger partial charge on any atom is -0.414 e. The SMILES string of the molecule is CON=C(CO[Si](C)(C)C)C1CCC2C3CC=C4CC(O[Si](C)(C)C)CCC4(C)C3CCC12C. The maximum absolute atomic E-state index is 6.57. The Hall–Kier alpha value is -0.436. The molecule has 7 atom stereocenters. The van der Waals surface area contributed by atoms with Crippen LogP contribution in [0.2, 0.25) is 39.3 Å². The topological polar surface area (TPSA) is 40.0 Å². The van der Waals surface area contributed by atoms with Gasteiger partial charge in [-0.1, -0.05) is 30.7 Å². The quantitative estimate of drug-likeness (QED) is 0.154. The molecule has 0 aliphatic heterocycles. The van der Waals surface area contributed by atoms with E-state index in [1.165, 1.54) is 51.4 Å². The summed E-state index contributed by atoms with van der Waals surface area (Å²) in [5.41, 5.74) is 3.59. The molecular formula is C28H51NO3Si2. The van der Waals surface area contributed by atoms with Gasteiger partial charge in [-0.15, -0.1) is 0 Å². The van der Waals surface area contributed by atoms with E-state index in [0.29, 0.717) is 29.5 Å². The number of nitrogens with zero attached hydrogens (tertiary/aromatic N) is 1. The number of rotatable bonds is 7. The lowest BCUT2D eigenvalue weighted by Crippen LogP contribution is -2.51. The molecule has 4 rings (SSSR count). The second-order valence-corrected chi connectivity index (χ2v) is 23.2. The molecule has 0 bridgehead atoms. The van der Waals surface area contributed by atoms with Gasteiger partial charge in [0.1, 0.15) is 7.11 Å². The first-order chi connectivity index (χ1) is 15.8. The molecule has 4 aliphatic carbocycles. The Labute approximate surface area is 211 Å². The summed E-state index contributed by atoms with van der Waals surface area (Å²) < 4.78 is 12.9. The van der Waals surface area contributed by atoms with Crippen LogP contribution in [-0.2, 0) is 13.7 Å². The number of fused-ring (bicyclic) bond motifs is 5. The number of oxime groups is 1. The van der Waals surface area contributed by atoms with Crippen LogP contribution in [0.3, 0.4) is 0 Å². The highest BCUT2D eigenvalue weighted by Gasteiger charge is 2.59. The molecule has 7 unspecified atom stereocenters. The number of hydrogen-bond acceptors (Lipinski definition) is 4. The van der Waals surface area contributed by atoms with Crippen LogP contribution >= 0.6 is 0 Å². The standard InChI is InChI=1S/C28H51NO3Si2/c1-27-16-14-21(32-34(7,8)9)18-20(27)10-11-22-23-12-13-25(28(23,2)17-15-24(22)27)26(29-30-3)19-31-33(4,5)6/h10,21-25H,11-19H2,1-9H3. The minimum atomic E-state index is -1.60. The van der Waals surface area contributed by atoms with E-state index in [9.17, 15) is 0 Å². The lowest BCUT2D eigenvalue weighted by atomic mass is 9.47. The normalized spacial score (nSPS) is 40.8. The van der Waals surface area contributed by atoms with Crippen molar-refractivity contribution in [2.45, 2.75) is 111 Å². The van der Waals surface area contributed by atoms with Crippen molar-refractivity contribution in [2.75, 3.05) is 13.7 Å². The summed E-state index contributed by atoms with van der Waals surface area (Å²) in [4.78, 5) is 5.35. The van der Waals surface area contributed by atoms with Gasteiger partial charge in [-0.3, -0.25) is 0 Å². The Morgan fingerprint density at radius 1 is 0.971 bits per heavy atom. The van der Waals surface area contributed by atoms with Gasteiger partial charge in [-0.25, -0.2) is 0 Å². The summed E-state index contributed by atoms with van der Waals surface area (Å²) >= 11 is 0. The van der Waals surface area contributed by atoms with Gasteiger partial charge in [0.25, 0.3) is 0 Å². The van der Waals surface area contributed by atoms with Crippen LogP contribution in [0.25, 0.3) is 0 Å². The van der Waals surface area contributed by atoms with E-state index in [4.69, 9.17) is 13.7 Å². The molecule has 0 saturated heterocycles. The van der Waals surface area contributed by atoms with Crippen molar-refractivity contribution < 1.29 is 13.7 Å². The van der Waals surface area contributed by atoms with Crippen molar-refractivity contribution in [2.24, 2.45) is 39.7 Å². The third-order valence-electron chi connectivity index (χ3n) is 9.84. The van der Waals surface area contributed by atoms with Crippen LogP contribution in [0.15, 0.2) is 16.8 Å². The van der Waals surface area contributed by atoms with Gasteiger partial charge < -0.3 is 13.7 Å². The summed E-state index contributed by atoms with van der Waals surface area (Å²) in [6, 6.07) is 0. The maximum Gasteiger partial charge on any atom is 0.184 e. The van der Waals surface area contributed by atoms with Gasteiger partial charge in [0.2, 0.25) is 0 Å². The molecule has 6 heteroatoms. The molecule has 4 nitrogen and oxygen atoms in total. The largest absolute Gasteiger partial charge is 0.414 e. The van der Waals surface area contributed by atoms with Gasteiger partial charge in [0.05, 0.1) is 12.3 Å². The van der Waals surface area contributed by atoms with Crippen molar-refractivity contribution in [3.63, 3.8) is 0 Å². The molecule has 194 valence electrons. The fourth-order valence-electron chi connectivity index (χ4n) is 8.37. The molecule has 3 saturated carbocycles. The number of hydrogen-bond donors (Lipinski definition) is 0. The van der Waals surface area contributed by atoms with Crippen LogP contribution in [0.1, 0.15) is 65.2 Å². The Morgan fingerprint density at radius 3 is 2.35 bits per heavy atom. The van der Waals surface area contributed by atoms with Crippen LogP contribution in [0.5, 0.6) is 0 Å². The van der Waals surface area contributed by atoms with E-state index in [1.807, 2.05) is 0 Å². The Morgan fingerprint density at radius 2 is 1.71 bits per heavy atom. The van der Waals surface area contributed by atoms with Crippen molar-refractivity contribution in [3.8, 4) is 0 Å². The Bertz CT molecular complexity index is 813. The fraction of sp³-hybridized carbons (Fsp3) is 0.893. The molecule has 3 fully saturated rings. The van der Waals surface area contributed by atoms with Crippen LogP contribution in [0, 0.1) is 34.5 Å². The van der Waals surface area contributed by atoms with E-state index in [-0.39, 0.29) is 0 Å². The second-order valence-electron chi connectivity index (χ2n) is 14.2. The first kappa shape index (κ1) is 26.6. The summed E-state index contributed by atoms with van der Waals surface area (Å²) in [5, 5.41) is 4.56. The van der Waals surface area contributed by atoms with Gasteiger partial charge >= 0.3 is 0 Å². The summed E-state index contributed by atoms with van der Waals surface area (Å²) in [6.45, 7) is 19.6. The van der Waals surface area contributed by atoms with E-state index < -0.39 is 16.6 Å². The van der Waals surface area contributed by atoms with Crippen LogP contribution < -0.4 is 0 Å². The van der Waals surface area contributed by atoms with Crippen LogP contribution in [-0.4, -0.2) is 42.2 Å². The first-order valence-corrected chi connectivity index (χ1v) is 20.7. The highest BCUT2D eigenvalue weighted by atomic mass is 28.4. The summed E-state index contributed by atoms with van der Waals surface area (Å²) in [6.07, 6.45) is 13.3. The highest BCUT2D eigenvalue weighted by Crippen LogP contribution is 2.66. The molecule has 4 aliphatic rings. The zero-order valence-corrected chi connectivity index (χ0v) is 25.5. The van der Waals surface area contributed by atoms with Gasteiger partial charge in [0.15, 0.2) is 16.6 Å². The van der Waals surface area contributed by atoms with E-state index in [2.05, 4.69) is 64.4 Å². The lowest BCUT2D eigenvalue weighted by molar-refractivity contribution is -0.0415. The minimum absolute atomic E-state index is 0.321. The van der Waals surface area contributed by atoms with Crippen LogP contribution in [0.4, 0.5) is 0 Å². The van der Waals surface area contributed by atoms with Gasteiger partial charge in [-0.2, -0.15) is 0 Å². The highest BCUT2D eigenvalue weighted by molar-refractivity contribution is 6.70. The average Bonchev–Trinajstić information content (AvgIpc) is 3.07. The summed E-state index contributed by atoms with van der Waals surface area (Å²) in [7, 11) is -1.40. The van der Waals surface area contributed by atoms with Crippen molar-refractivity contribution in [3.05, 3.63) is 11.6 Å². The van der Waals surface area contributed by atoms with Crippen molar-refractivity contribution in [1.82, 2.24) is 0 Å². The van der Waals surface area contributed by atoms with Crippen molar-refractivity contribution in [1.29, 1.82) is 0 Å². The van der Waals surface area contributed by atoms with E-state index in [0.717, 1.165) is 23.5 Å². The maximum atomic E-state index is 6.57. The monoisotopic (exact) mass is 505 g/mol. The molecule has 34 heavy (non-hydrogen) atoms. The van der Waals surface area contributed by atoms with Crippen molar-refractivity contribution >= 4 is 22.3 Å². The summed E-state index contributed by atoms with van der Waals surface area (Å²) in [5.74, 6) is 2.93. The third kappa shape index (κ3) is 5.16. The molecule has 0 heterocycles. The predicted molar refractivity (Wildman–Crippen MR) is 147 cm³/mol. The van der Waals surface area contributed by atoms with E-state index in [1.54, 1.807) is 12.7 Å². The predicted octanol–water partition coefficient (Wildman–Crippen LogP) is 7.64. The zero-order chi connectivity index (χ0) is 24.9. The molecule has 0 spiro atoms. The molecule has 0 aromatic rings. The molecule has 0 N–H and O–H groups in total.